The summed E-state index contributed by atoms with van der Waals surface area (Å²) in [7, 11) is 0. The summed E-state index contributed by atoms with van der Waals surface area (Å²) in [5, 5.41) is 3.41. The smallest absolute Gasteiger partial charge is 0.258 e. The van der Waals surface area contributed by atoms with Crippen molar-refractivity contribution in [2.75, 3.05) is 5.32 Å². The molecule has 2 aromatic rings. The van der Waals surface area contributed by atoms with Gasteiger partial charge in [-0.05, 0) is 63.6 Å². The van der Waals surface area contributed by atoms with Crippen molar-refractivity contribution in [1.29, 1.82) is 0 Å². The Bertz CT molecular complexity index is 570. The summed E-state index contributed by atoms with van der Waals surface area (Å²) < 4.78 is 1.80. The Morgan fingerprint density at radius 2 is 2.29 bits per heavy atom. The van der Waals surface area contributed by atoms with Gasteiger partial charge in [0.25, 0.3) is 5.91 Å². The lowest BCUT2D eigenvalue weighted by atomic mass is 10.2. The highest BCUT2D eigenvalue weighted by atomic mass is 127. The molecule has 1 heterocycles. The number of amides is 1. The van der Waals surface area contributed by atoms with Crippen LogP contribution in [0, 0.1) is 10.5 Å². The van der Waals surface area contributed by atoms with E-state index in [1.54, 1.807) is 6.20 Å². The molecule has 1 aromatic carbocycles. The zero-order chi connectivity index (χ0) is 12.4. The molecule has 17 heavy (non-hydrogen) atoms. The van der Waals surface area contributed by atoms with Crippen LogP contribution in [0.5, 0.6) is 0 Å². The summed E-state index contributed by atoms with van der Waals surface area (Å²) in [6.45, 7) is 1.95. The first-order valence-electron chi connectivity index (χ1n) is 4.75. The molecule has 2 rings (SSSR count). The van der Waals surface area contributed by atoms with Crippen molar-refractivity contribution >= 4 is 60.9 Å². The molecule has 1 N–H and O–H groups in total. The summed E-state index contributed by atoms with van der Waals surface area (Å²) in [5.41, 5.74) is 0.616. The van der Waals surface area contributed by atoms with E-state index in [1.807, 2.05) is 25.1 Å². The van der Waals surface area contributed by atoms with E-state index in [9.17, 15) is 4.79 Å². The molecule has 0 radical (unpaired) electrons. The Hall–Kier alpha value is -0.470. The molecule has 0 fully saturated rings. The predicted octanol–water partition coefficient (Wildman–Crippen LogP) is 4.07. The van der Waals surface area contributed by atoms with E-state index in [0.717, 1.165) is 12.9 Å². The summed E-state index contributed by atoms with van der Waals surface area (Å²) in [6.07, 6.45) is 1.74. The van der Waals surface area contributed by atoms with Gasteiger partial charge in [0.1, 0.15) is 0 Å². The van der Waals surface area contributed by atoms with Gasteiger partial charge in [0.15, 0.2) is 5.13 Å². The third kappa shape index (κ3) is 3.26. The molecule has 0 spiro atoms. The van der Waals surface area contributed by atoms with Crippen molar-refractivity contribution in [3.05, 3.63) is 42.9 Å². The van der Waals surface area contributed by atoms with Crippen LogP contribution in [0.15, 0.2) is 28.9 Å². The quantitative estimate of drug-likeness (QED) is 0.741. The lowest BCUT2D eigenvalue weighted by Crippen LogP contribution is -2.12. The fourth-order valence-electron chi connectivity index (χ4n) is 1.25. The topological polar surface area (TPSA) is 42.0 Å². The second-order valence-corrected chi connectivity index (χ2v) is 6.69. The van der Waals surface area contributed by atoms with E-state index in [2.05, 4.69) is 48.8 Å². The van der Waals surface area contributed by atoms with Crippen LogP contribution in [0.4, 0.5) is 5.13 Å². The van der Waals surface area contributed by atoms with E-state index in [-0.39, 0.29) is 5.91 Å². The van der Waals surface area contributed by atoms with Crippen molar-refractivity contribution in [2.24, 2.45) is 0 Å². The standard InChI is InChI=1S/C11H8BrIN2OS/c1-6-5-14-11(17-6)15-10(16)8-4-7(13)2-3-9(8)12/h2-5H,1H3,(H,14,15,16). The summed E-state index contributed by atoms with van der Waals surface area (Å²) in [4.78, 5) is 17.2. The molecule has 1 aromatic heterocycles. The van der Waals surface area contributed by atoms with Gasteiger partial charge in [-0.1, -0.05) is 0 Å². The number of rotatable bonds is 2. The van der Waals surface area contributed by atoms with Gasteiger partial charge in [-0.2, -0.15) is 0 Å². The van der Waals surface area contributed by atoms with Gasteiger partial charge in [-0.25, -0.2) is 4.98 Å². The number of thiazole rings is 1. The lowest BCUT2D eigenvalue weighted by molar-refractivity contribution is 0.102. The predicted molar refractivity (Wildman–Crippen MR) is 81.7 cm³/mol. The van der Waals surface area contributed by atoms with E-state index in [1.165, 1.54) is 11.3 Å². The SMILES string of the molecule is Cc1cnc(NC(=O)c2cc(I)ccc2Br)s1. The van der Waals surface area contributed by atoms with E-state index in [4.69, 9.17) is 0 Å². The summed E-state index contributed by atoms with van der Waals surface area (Å²) in [5.74, 6) is -0.148. The van der Waals surface area contributed by atoms with Crippen molar-refractivity contribution in [1.82, 2.24) is 4.98 Å². The number of nitrogens with zero attached hydrogens (tertiary/aromatic N) is 1. The fourth-order valence-corrected chi connectivity index (χ4v) is 2.83. The molecule has 1 amide bonds. The van der Waals surface area contributed by atoms with E-state index >= 15 is 0 Å². The zero-order valence-electron chi connectivity index (χ0n) is 8.83. The average molecular weight is 423 g/mol. The normalized spacial score (nSPS) is 10.3. The van der Waals surface area contributed by atoms with Crippen molar-refractivity contribution in [3.63, 3.8) is 0 Å². The summed E-state index contributed by atoms with van der Waals surface area (Å²) >= 11 is 7.01. The Balaban J connectivity index is 2.22. The molecule has 0 aliphatic carbocycles. The second kappa shape index (κ2) is 5.45. The van der Waals surface area contributed by atoms with Gasteiger partial charge in [0, 0.05) is 19.1 Å². The number of carbonyl (C=O) groups excluding carboxylic acids is 1. The highest BCUT2D eigenvalue weighted by Gasteiger charge is 2.12. The average Bonchev–Trinajstić information content (AvgIpc) is 2.67. The van der Waals surface area contributed by atoms with Crippen molar-refractivity contribution in [2.45, 2.75) is 6.92 Å². The van der Waals surface area contributed by atoms with E-state index < -0.39 is 0 Å². The van der Waals surface area contributed by atoms with Crippen LogP contribution in [0.1, 0.15) is 15.2 Å². The summed E-state index contributed by atoms with van der Waals surface area (Å²) in [6, 6.07) is 5.64. The molecule has 6 heteroatoms. The molecule has 3 nitrogen and oxygen atoms in total. The molecular formula is C11H8BrIN2OS. The number of anilines is 1. The Morgan fingerprint density at radius 3 is 2.94 bits per heavy atom. The fraction of sp³-hybridized carbons (Fsp3) is 0.0909. The minimum Gasteiger partial charge on any atom is -0.298 e. The molecule has 0 unspecified atom stereocenters. The van der Waals surface area contributed by atoms with Gasteiger partial charge in [-0.3, -0.25) is 10.1 Å². The number of carbonyl (C=O) groups is 1. The lowest BCUT2D eigenvalue weighted by Gasteiger charge is -2.04. The number of halogens is 2. The minimum atomic E-state index is -0.148. The minimum absolute atomic E-state index is 0.148. The van der Waals surface area contributed by atoms with Gasteiger partial charge in [0.05, 0.1) is 5.56 Å². The molecule has 0 bridgehead atoms. The molecular weight excluding hydrogens is 415 g/mol. The third-order valence-corrected chi connectivity index (χ3v) is 4.21. The maximum absolute atomic E-state index is 12.0. The molecule has 0 saturated carbocycles. The number of aromatic nitrogens is 1. The van der Waals surface area contributed by atoms with Crippen LogP contribution in [-0.2, 0) is 0 Å². The molecule has 0 aliphatic heterocycles. The Kier molecular flexibility index (Phi) is 4.16. The first-order chi connectivity index (χ1) is 8.06. The number of hydrogen-bond donors (Lipinski definition) is 1. The zero-order valence-corrected chi connectivity index (χ0v) is 13.4. The van der Waals surface area contributed by atoms with Gasteiger partial charge in [-0.15, -0.1) is 11.3 Å². The van der Waals surface area contributed by atoms with Crippen LogP contribution in [0.25, 0.3) is 0 Å². The first-order valence-corrected chi connectivity index (χ1v) is 7.44. The maximum Gasteiger partial charge on any atom is 0.258 e. The van der Waals surface area contributed by atoms with E-state index in [0.29, 0.717) is 10.7 Å². The molecule has 0 atom stereocenters. The number of hydrogen-bond acceptors (Lipinski definition) is 3. The monoisotopic (exact) mass is 422 g/mol. The highest BCUT2D eigenvalue weighted by molar-refractivity contribution is 14.1. The highest BCUT2D eigenvalue weighted by Crippen LogP contribution is 2.22. The molecule has 0 aliphatic rings. The van der Waals surface area contributed by atoms with Crippen LogP contribution < -0.4 is 5.32 Å². The van der Waals surface area contributed by atoms with Crippen LogP contribution in [-0.4, -0.2) is 10.9 Å². The first kappa shape index (κ1) is 13.0. The van der Waals surface area contributed by atoms with Gasteiger partial charge in [0.2, 0.25) is 0 Å². The number of aryl methyl sites for hydroxylation is 1. The maximum atomic E-state index is 12.0. The largest absolute Gasteiger partial charge is 0.298 e. The van der Waals surface area contributed by atoms with Crippen LogP contribution in [0.2, 0.25) is 0 Å². The van der Waals surface area contributed by atoms with Crippen LogP contribution >= 0.6 is 49.9 Å². The molecule has 0 saturated heterocycles. The number of benzene rings is 1. The number of nitrogens with one attached hydrogen (secondary N) is 1. The van der Waals surface area contributed by atoms with Gasteiger partial charge < -0.3 is 0 Å². The van der Waals surface area contributed by atoms with Crippen molar-refractivity contribution < 1.29 is 4.79 Å². The molecule has 88 valence electrons. The van der Waals surface area contributed by atoms with Crippen LogP contribution in [0.3, 0.4) is 0 Å². The second-order valence-electron chi connectivity index (χ2n) is 3.35. The van der Waals surface area contributed by atoms with Gasteiger partial charge >= 0.3 is 0 Å². The van der Waals surface area contributed by atoms with Crippen molar-refractivity contribution in [3.8, 4) is 0 Å². The Labute approximate surface area is 125 Å². The Morgan fingerprint density at radius 1 is 1.53 bits per heavy atom. The third-order valence-electron chi connectivity index (χ3n) is 2.01.